The van der Waals surface area contributed by atoms with Crippen molar-refractivity contribution in [3.05, 3.63) is 35.4 Å². The summed E-state index contributed by atoms with van der Waals surface area (Å²) in [6, 6.07) is 7.88. The van der Waals surface area contributed by atoms with Crippen LogP contribution in [0.5, 0.6) is 0 Å². The third-order valence-electron chi connectivity index (χ3n) is 1.67. The van der Waals surface area contributed by atoms with Crippen molar-refractivity contribution in [3.8, 4) is 0 Å². The number of benzene rings is 1. The summed E-state index contributed by atoms with van der Waals surface area (Å²) in [5, 5.41) is 8.44. The highest BCUT2D eigenvalue weighted by molar-refractivity contribution is 7.99. The third kappa shape index (κ3) is 4.03. The van der Waals surface area contributed by atoms with Gasteiger partial charge in [0.05, 0.1) is 5.75 Å². The van der Waals surface area contributed by atoms with Gasteiger partial charge in [-0.25, -0.2) is 0 Å². The first-order valence-electron chi connectivity index (χ1n) is 4.15. The Balaban J connectivity index is 2.40. The van der Waals surface area contributed by atoms with Crippen LogP contribution in [0.2, 0.25) is 0 Å². The summed E-state index contributed by atoms with van der Waals surface area (Å²) in [5.74, 6) is 0.627. The molecule has 0 radical (unpaired) electrons. The molecule has 0 heterocycles. The Morgan fingerprint density at radius 3 is 2.36 bits per heavy atom. The molecule has 1 rings (SSSR count). The lowest BCUT2D eigenvalue weighted by molar-refractivity contribution is -0.133. The van der Waals surface area contributed by atoms with E-state index in [0.29, 0.717) is 5.88 Å². The quantitative estimate of drug-likeness (QED) is 0.791. The van der Waals surface area contributed by atoms with Gasteiger partial charge < -0.3 is 5.11 Å². The second-order valence-electron chi connectivity index (χ2n) is 2.84. The van der Waals surface area contributed by atoms with Crippen molar-refractivity contribution in [3.63, 3.8) is 0 Å². The van der Waals surface area contributed by atoms with Gasteiger partial charge in [0.1, 0.15) is 0 Å². The zero-order valence-electron chi connectivity index (χ0n) is 7.57. The first-order valence-corrected chi connectivity index (χ1v) is 5.84. The molecule has 0 bridgehead atoms. The summed E-state index contributed by atoms with van der Waals surface area (Å²) in [6.45, 7) is 0. The Bertz CT molecular complexity index is 297. The largest absolute Gasteiger partial charge is 0.481 e. The van der Waals surface area contributed by atoms with Crippen LogP contribution in [0, 0.1) is 0 Å². The number of carbonyl (C=O) groups is 1. The highest BCUT2D eigenvalue weighted by Crippen LogP contribution is 2.13. The zero-order chi connectivity index (χ0) is 10.4. The monoisotopic (exact) mass is 230 g/mol. The Labute approximate surface area is 92.3 Å². The number of thioether (sulfide) groups is 1. The standard InChI is InChI=1S/C10H11ClO2S/c11-5-8-1-3-9(4-2-8)6-14-7-10(12)13/h1-4H,5-7H2,(H,12,13). The van der Waals surface area contributed by atoms with E-state index in [1.165, 1.54) is 11.8 Å². The fourth-order valence-corrected chi connectivity index (χ4v) is 1.86. The lowest BCUT2D eigenvalue weighted by Gasteiger charge is -2.00. The van der Waals surface area contributed by atoms with Crippen molar-refractivity contribution in [2.75, 3.05) is 5.75 Å². The maximum absolute atomic E-state index is 10.3. The molecule has 14 heavy (non-hydrogen) atoms. The lowest BCUT2D eigenvalue weighted by Crippen LogP contribution is -1.98. The maximum Gasteiger partial charge on any atom is 0.313 e. The van der Waals surface area contributed by atoms with Crippen LogP contribution in [0.15, 0.2) is 24.3 Å². The van der Waals surface area contributed by atoms with Crippen LogP contribution in [0.3, 0.4) is 0 Å². The third-order valence-corrected chi connectivity index (χ3v) is 2.97. The van der Waals surface area contributed by atoms with Crippen molar-refractivity contribution < 1.29 is 9.90 Å². The molecular formula is C10H11ClO2S. The average Bonchev–Trinajstić information content (AvgIpc) is 2.18. The van der Waals surface area contributed by atoms with Crippen molar-refractivity contribution in [2.24, 2.45) is 0 Å². The van der Waals surface area contributed by atoms with Crippen LogP contribution in [-0.4, -0.2) is 16.8 Å². The fraction of sp³-hybridized carbons (Fsp3) is 0.300. The summed E-state index contributed by atoms with van der Waals surface area (Å²) in [6.07, 6.45) is 0. The first-order chi connectivity index (χ1) is 6.72. The van der Waals surface area contributed by atoms with Crippen molar-refractivity contribution in [2.45, 2.75) is 11.6 Å². The first kappa shape index (κ1) is 11.4. The van der Waals surface area contributed by atoms with Crippen LogP contribution >= 0.6 is 23.4 Å². The molecule has 0 aromatic heterocycles. The molecule has 0 saturated heterocycles. The van der Waals surface area contributed by atoms with E-state index in [-0.39, 0.29) is 5.75 Å². The number of carboxylic acids is 1. The highest BCUT2D eigenvalue weighted by atomic mass is 35.5. The Hall–Kier alpha value is -0.670. The zero-order valence-corrected chi connectivity index (χ0v) is 9.14. The average molecular weight is 231 g/mol. The molecule has 0 atom stereocenters. The number of hydrogen-bond donors (Lipinski definition) is 1. The molecule has 0 fully saturated rings. The van der Waals surface area contributed by atoms with Gasteiger partial charge in [-0.3, -0.25) is 4.79 Å². The highest BCUT2D eigenvalue weighted by Gasteiger charge is 1.98. The van der Waals surface area contributed by atoms with Crippen LogP contribution in [0.1, 0.15) is 11.1 Å². The van der Waals surface area contributed by atoms with Gasteiger partial charge in [-0.1, -0.05) is 24.3 Å². The summed E-state index contributed by atoms with van der Waals surface area (Å²) >= 11 is 7.04. The van der Waals surface area contributed by atoms with Crippen LogP contribution in [0.4, 0.5) is 0 Å². The van der Waals surface area contributed by atoms with E-state index < -0.39 is 5.97 Å². The molecule has 4 heteroatoms. The predicted octanol–water partition coefficient (Wildman–Crippen LogP) is 2.74. The Kier molecular flexibility index (Phi) is 4.84. The molecule has 76 valence electrons. The smallest absolute Gasteiger partial charge is 0.313 e. The summed E-state index contributed by atoms with van der Waals surface area (Å²) in [4.78, 5) is 10.3. The van der Waals surface area contributed by atoms with Crippen molar-refractivity contribution in [1.29, 1.82) is 0 Å². The van der Waals surface area contributed by atoms with E-state index in [0.717, 1.165) is 16.9 Å². The van der Waals surface area contributed by atoms with Gasteiger partial charge in [0.25, 0.3) is 0 Å². The van der Waals surface area contributed by atoms with Crippen LogP contribution < -0.4 is 0 Å². The van der Waals surface area contributed by atoms with E-state index in [9.17, 15) is 4.79 Å². The normalized spacial score (nSPS) is 10.1. The number of rotatable bonds is 5. The minimum Gasteiger partial charge on any atom is -0.481 e. The van der Waals surface area contributed by atoms with E-state index in [1.54, 1.807) is 0 Å². The molecule has 1 aromatic carbocycles. The van der Waals surface area contributed by atoms with Gasteiger partial charge >= 0.3 is 5.97 Å². The van der Waals surface area contributed by atoms with Crippen molar-refractivity contribution in [1.82, 2.24) is 0 Å². The number of aliphatic carboxylic acids is 1. The van der Waals surface area contributed by atoms with Gasteiger partial charge in [0, 0.05) is 11.6 Å². The van der Waals surface area contributed by atoms with E-state index >= 15 is 0 Å². The topological polar surface area (TPSA) is 37.3 Å². The number of hydrogen-bond acceptors (Lipinski definition) is 2. The molecular weight excluding hydrogens is 220 g/mol. The molecule has 1 N–H and O–H groups in total. The maximum atomic E-state index is 10.3. The molecule has 0 spiro atoms. The van der Waals surface area contributed by atoms with Gasteiger partial charge in [0.2, 0.25) is 0 Å². The fourth-order valence-electron chi connectivity index (χ4n) is 0.981. The number of halogens is 1. The van der Waals surface area contributed by atoms with E-state index in [4.69, 9.17) is 16.7 Å². The van der Waals surface area contributed by atoms with E-state index in [2.05, 4.69) is 0 Å². The van der Waals surface area contributed by atoms with Gasteiger partial charge in [-0.05, 0) is 11.1 Å². The minimum absolute atomic E-state index is 0.150. The molecule has 0 aliphatic heterocycles. The molecule has 1 aromatic rings. The molecule has 0 saturated carbocycles. The van der Waals surface area contributed by atoms with E-state index in [1.807, 2.05) is 24.3 Å². The SMILES string of the molecule is O=C(O)CSCc1ccc(CCl)cc1. The second kappa shape index (κ2) is 5.94. The predicted molar refractivity (Wildman–Crippen MR) is 59.8 cm³/mol. The molecule has 0 amide bonds. The van der Waals surface area contributed by atoms with Crippen LogP contribution in [-0.2, 0) is 16.4 Å². The van der Waals surface area contributed by atoms with Crippen LogP contribution in [0.25, 0.3) is 0 Å². The summed E-state index contributed by atoms with van der Waals surface area (Å²) in [5.41, 5.74) is 2.21. The van der Waals surface area contributed by atoms with Crippen molar-refractivity contribution >= 4 is 29.3 Å². The molecule has 0 aliphatic carbocycles. The minimum atomic E-state index is -0.771. The lowest BCUT2D eigenvalue weighted by atomic mass is 10.2. The number of carboxylic acid groups (broad SMARTS) is 1. The molecule has 0 unspecified atom stereocenters. The summed E-state index contributed by atoms with van der Waals surface area (Å²) < 4.78 is 0. The Morgan fingerprint density at radius 1 is 1.29 bits per heavy atom. The Morgan fingerprint density at radius 2 is 1.86 bits per heavy atom. The molecule has 0 aliphatic rings. The molecule has 2 nitrogen and oxygen atoms in total. The summed E-state index contributed by atoms with van der Waals surface area (Å²) in [7, 11) is 0. The van der Waals surface area contributed by atoms with Gasteiger partial charge in [-0.15, -0.1) is 23.4 Å². The second-order valence-corrected chi connectivity index (χ2v) is 4.09. The van der Waals surface area contributed by atoms with Gasteiger partial charge in [-0.2, -0.15) is 0 Å². The number of alkyl halides is 1. The van der Waals surface area contributed by atoms with Gasteiger partial charge in [0.15, 0.2) is 0 Å².